The summed E-state index contributed by atoms with van der Waals surface area (Å²) in [6, 6.07) is 3.25. The van der Waals surface area contributed by atoms with E-state index >= 15 is 0 Å². The lowest BCUT2D eigenvalue weighted by Crippen LogP contribution is -2.40. The number of nitrogens with zero attached hydrogens (tertiary/aromatic N) is 1. The molecular weight excluding hydrogens is 184 g/mol. The summed E-state index contributed by atoms with van der Waals surface area (Å²) in [6.07, 6.45) is 3.16. The van der Waals surface area contributed by atoms with Crippen LogP contribution in [0.15, 0.2) is 24.5 Å². The molecule has 0 spiro atoms. The van der Waals surface area contributed by atoms with Crippen LogP contribution in [-0.2, 0) is 16.1 Å². The molecule has 0 aliphatic heterocycles. The Morgan fingerprint density at radius 2 is 2.29 bits per heavy atom. The zero-order valence-electron chi connectivity index (χ0n) is 7.77. The molecule has 0 saturated heterocycles. The lowest BCUT2D eigenvalue weighted by atomic mass is 10.3. The van der Waals surface area contributed by atoms with Crippen LogP contribution in [0.25, 0.3) is 0 Å². The van der Waals surface area contributed by atoms with Crippen molar-refractivity contribution in [2.45, 2.75) is 6.54 Å². The van der Waals surface area contributed by atoms with Gasteiger partial charge < -0.3 is 10.5 Å². The fourth-order valence-electron chi connectivity index (χ4n) is 1.04. The van der Waals surface area contributed by atoms with Gasteiger partial charge in [-0.05, 0) is 6.07 Å². The number of carbonyl (C=O) groups excluding carboxylic acids is 2. The van der Waals surface area contributed by atoms with Crippen molar-refractivity contribution in [3.63, 3.8) is 0 Å². The topological polar surface area (TPSA) is 73.3 Å². The van der Waals surface area contributed by atoms with Crippen molar-refractivity contribution in [1.82, 2.24) is 0 Å². The molecule has 0 aromatic carbocycles. The Hall–Kier alpha value is -1.91. The van der Waals surface area contributed by atoms with E-state index < -0.39 is 11.9 Å². The summed E-state index contributed by atoms with van der Waals surface area (Å²) in [5.74, 6) is -0.902. The van der Waals surface area contributed by atoms with Crippen LogP contribution < -0.4 is 10.3 Å². The van der Waals surface area contributed by atoms with Crippen LogP contribution in [0.3, 0.4) is 0 Å². The first-order chi connectivity index (χ1) is 6.63. The van der Waals surface area contributed by atoms with Crippen molar-refractivity contribution in [3.05, 3.63) is 30.1 Å². The maximum Gasteiger partial charge on any atom is 0.343 e. The molecule has 1 aromatic rings. The molecule has 0 bridgehead atoms. The average Bonchev–Trinajstić information content (AvgIpc) is 2.16. The number of amides is 1. The molecule has 74 valence electrons. The minimum absolute atomic E-state index is 0.0465. The van der Waals surface area contributed by atoms with Crippen molar-refractivity contribution in [1.29, 1.82) is 0 Å². The second-order valence-corrected chi connectivity index (χ2v) is 2.72. The molecule has 0 atom stereocenters. The Morgan fingerprint density at radius 1 is 1.57 bits per heavy atom. The summed E-state index contributed by atoms with van der Waals surface area (Å²) < 4.78 is 6.05. The van der Waals surface area contributed by atoms with E-state index in [9.17, 15) is 9.59 Å². The highest BCUT2D eigenvalue weighted by Crippen LogP contribution is 1.96. The van der Waals surface area contributed by atoms with Gasteiger partial charge in [0, 0.05) is 6.07 Å². The zero-order valence-corrected chi connectivity index (χ0v) is 7.77. The van der Waals surface area contributed by atoms with E-state index in [2.05, 4.69) is 4.74 Å². The third-order valence-electron chi connectivity index (χ3n) is 1.62. The van der Waals surface area contributed by atoms with E-state index in [1.165, 1.54) is 17.9 Å². The molecule has 1 amide bonds. The van der Waals surface area contributed by atoms with Gasteiger partial charge in [0.25, 0.3) is 5.91 Å². The number of ether oxygens (including phenoxy) is 1. The third kappa shape index (κ3) is 2.55. The van der Waals surface area contributed by atoms with Crippen molar-refractivity contribution in [3.8, 4) is 0 Å². The monoisotopic (exact) mass is 195 g/mol. The average molecular weight is 195 g/mol. The highest BCUT2D eigenvalue weighted by molar-refractivity contribution is 5.88. The van der Waals surface area contributed by atoms with Gasteiger partial charge in [0.15, 0.2) is 12.4 Å². The van der Waals surface area contributed by atoms with Gasteiger partial charge in [0.2, 0.25) is 6.54 Å². The summed E-state index contributed by atoms with van der Waals surface area (Å²) in [7, 11) is 1.30. The summed E-state index contributed by atoms with van der Waals surface area (Å²) in [6.45, 7) is 0.0465. The number of primary amides is 1. The molecule has 1 heterocycles. The lowest BCUT2D eigenvalue weighted by Gasteiger charge is -1.97. The van der Waals surface area contributed by atoms with Gasteiger partial charge in [0.05, 0.1) is 7.11 Å². The minimum Gasteiger partial charge on any atom is -0.465 e. The van der Waals surface area contributed by atoms with E-state index in [1.807, 2.05) is 0 Å². The van der Waals surface area contributed by atoms with Gasteiger partial charge in [-0.3, -0.25) is 4.79 Å². The normalized spacial score (nSPS) is 9.50. The fourth-order valence-corrected chi connectivity index (χ4v) is 1.04. The van der Waals surface area contributed by atoms with Gasteiger partial charge in [-0.1, -0.05) is 0 Å². The van der Waals surface area contributed by atoms with Gasteiger partial charge in [-0.15, -0.1) is 0 Å². The Morgan fingerprint density at radius 3 is 2.86 bits per heavy atom. The molecular formula is C9H11N2O3+. The van der Waals surface area contributed by atoms with Crippen molar-refractivity contribution in [2.75, 3.05) is 7.11 Å². The number of carbonyl (C=O) groups is 2. The largest absolute Gasteiger partial charge is 0.465 e. The molecule has 2 N–H and O–H groups in total. The van der Waals surface area contributed by atoms with E-state index in [1.54, 1.807) is 18.3 Å². The van der Waals surface area contributed by atoms with Gasteiger partial charge in [0.1, 0.15) is 5.56 Å². The van der Waals surface area contributed by atoms with Gasteiger partial charge >= 0.3 is 5.97 Å². The van der Waals surface area contributed by atoms with Crippen LogP contribution in [0.4, 0.5) is 0 Å². The molecule has 5 heteroatoms. The molecule has 0 aliphatic carbocycles. The number of methoxy groups -OCH3 is 1. The number of pyridine rings is 1. The minimum atomic E-state index is -0.461. The number of rotatable bonds is 3. The smallest absolute Gasteiger partial charge is 0.343 e. The number of hydrogen-bond donors (Lipinski definition) is 1. The number of hydrogen-bond acceptors (Lipinski definition) is 3. The van der Waals surface area contributed by atoms with Crippen molar-refractivity contribution in [2.24, 2.45) is 5.73 Å². The molecule has 14 heavy (non-hydrogen) atoms. The van der Waals surface area contributed by atoms with Crippen LogP contribution in [0.2, 0.25) is 0 Å². The van der Waals surface area contributed by atoms with Crippen LogP contribution in [0, 0.1) is 0 Å². The predicted molar refractivity (Wildman–Crippen MR) is 47.2 cm³/mol. The first-order valence-corrected chi connectivity index (χ1v) is 3.99. The Kier molecular flexibility index (Phi) is 3.17. The molecule has 0 radical (unpaired) electrons. The number of esters is 1. The standard InChI is InChI=1S/C9H10N2O3/c1-14-9(13)7-3-2-4-11(5-7)6-8(10)12/h2-5H,6H2,1H3,(H-,10,12)/p+1. The van der Waals surface area contributed by atoms with Crippen LogP contribution in [-0.4, -0.2) is 19.0 Å². The highest BCUT2D eigenvalue weighted by Gasteiger charge is 2.11. The number of nitrogens with two attached hydrogens (primary N) is 1. The maximum absolute atomic E-state index is 11.1. The van der Waals surface area contributed by atoms with Crippen molar-refractivity contribution < 1.29 is 18.9 Å². The summed E-state index contributed by atoms with van der Waals surface area (Å²) in [5.41, 5.74) is 5.39. The predicted octanol–water partition coefficient (Wildman–Crippen LogP) is -0.754. The first-order valence-electron chi connectivity index (χ1n) is 3.99. The number of aromatic nitrogens is 1. The third-order valence-corrected chi connectivity index (χ3v) is 1.62. The first kappa shape index (κ1) is 10.2. The zero-order chi connectivity index (χ0) is 10.6. The summed E-state index contributed by atoms with van der Waals surface area (Å²) >= 11 is 0. The Balaban J connectivity index is 2.89. The second-order valence-electron chi connectivity index (χ2n) is 2.72. The molecule has 1 aromatic heterocycles. The van der Waals surface area contributed by atoms with Crippen LogP contribution in [0.1, 0.15) is 10.4 Å². The second kappa shape index (κ2) is 4.36. The molecule has 1 rings (SSSR count). The molecule has 5 nitrogen and oxygen atoms in total. The summed E-state index contributed by atoms with van der Waals surface area (Å²) in [5, 5.41) is 0. The van der Waals surface area contributed by atoms with E-state index in [4.69, 9.17) is 5.73 Å². The molecule has 0 fully saturated rings. The lowest BCUT2D eigenvalue weighted by molar-refractivity contribution is -0.684. The van der Waals surface area contributed by atoms with E-state index in [-0.39, 0.29) is 6.54 Å². The molecule has 0 aliphatic rings. The molecule has 0 saturated carbocycles. The van der Waals surface area contributed by atoms with E-state index in [0.717, 1.165) is 0 Å². The maximum atomic E-state index is 11.1. The van der Waals surface area contributed by atoms with Crippen molar-refractivity contribution >= 4 is 11.9 Å². The quantitative estimate of drug-likeness (QED) is 0.509. The van der Waals surface area contributed by atoms with Gasteiger partial charge in [-0.25, -0.2) is 4.79 Å². The highest BCUT2D eigenvalue weighted by atomic mass is 16.5. The Bertz CT molecular complexity index is 363. The molecule has 0 unspecified atom stereocenters. The van der Waals surface area contributed by atoms with E-state index in [0.29, 0.717) is 5.56 Å². The van der Waals surface area contributed by atoms with Crippen LogP contribution >= 0.6 is 0 Å². The fraction of sp³-hybridized carbons (Fsp3) is 0.222. The van der Waals surface area contributed by atoms with Gasteiger partial charge in [-0.2, -0.15) is 4.57 Å². The SMILES string of the molecule is COC(=O)c1ccc[n+](CC(N)=O)c1. The van der Waals surface area contributed by atoms with Crippen LogP contribution in [0.5, 0.6) is 0 Å². The Labute approximate surface area is 81.1 Å². The summed E-state index contributed by atoms with van der Waals surface area (Å²) in [4.78, 5) is 21.7.